The molecule has 0 aliphatic heterocycles. The Balaban J connectivity index is 1.37. The largest absolute Gasteiger partial charge is 0.469 e. The zero-order valence-corrected chi connectivity index (χ0v) is 15.5. The zero-order chi connectivity index (χ0) is 16.5. The van der Waals surface area contributed by atoms with Gasteiger partial charge in [0.25, 0.3) is 0 Å². The maximum absolute atomic E-state index is 11.0. The topological polar surface area (TPSA) is 26.3 Å². The molecule has 4 atom stereocenters. The smallest absolute Gasteiger partial charge is 0.305 e. The number of ether oxygens (including phenoxy) is 1. The highest BCUT2D eigenvalue weighted by molar-refractivity contribution is 5.68. The third-order valence-electron chi connectivity index (χ3n) is 6.12. The standard InChI is InChI=1S/C21H38O2/c1-3-4-5-9-12-17-15-19(17)20-16-18(20)13-10-7-6-8-11-14-21(22)23-2/h17-20H,3-16H2,1-2H3/t17-,18-,19+,20-/m1/s1. The van der Waals surface area contributed by atoms with Gasteiger partial charge in [0, 0.05) is 6.42 Å². The van der Waals surface area contributed by atoms with Crippen LogP contribution in [0, 0.1) is 23.7 Å². The fourth-order valence-electron chi connectivity index (χ4n) is 4.40. The average Bonchev–Trinajstić information content (AvgIpc) is 3.45. The molecule has 0 unspecified atom stereocenters. The van der Waals surface area contributed by atoms with Gasteiger partial charge >= 0.3 is 5.97 Å². The number of methoxy groups -OCH3 is 1. The molecule has 23 heavy (non-hydrogen) atoms. The lowest BCUT2D eigenvalue weighted by Crippen LogP contribution is -1.99. The molecular formula is C21H38O2. The maximum atomic E-state index is 11.0. The van der Waals surface area contributed by atoms with E-state index in [-0.39, 0.29) is 5.97 Å². The minimum atomic E-state index is -0.0560. The van der Waals surface area contributed by atoms with Gasteiger partial charge in [-0.1, -0.05) is 71.1 Å². The summed E-state index contributed by atoms with van der Waals surface area (Å²) < 4.78 is 4.66. The van der Waals surface area contributed by atoms with Gasteiger partial charge in [-0.3, -0.25) is 4.79 Å². The van der Waals surface area contributed by atoms with Crippen molar-refractivity contribution >= 4 is 5.97 Å². The first-order valence-electron chi connectivity index (χ1n) is 10.3. The van der Waals surface area contributed by atoms with E-state index in [9.17, 15) is 4.79 Å². The van der Waals surface area contributed by atoms with Crippen LogP contribution in [0.1, 0.15) is 96.8 Å². The fourth-order valence-corrected chi connectivity index (χ4v) is 4.40. The number of carbonyl (C=O) groups excluding carboxylic acids is 1. The lowest BCUT2D eigenvalue weighted by atomic mass is 10.0. The van der Waals surface area contributed by atoms with Crippen LogP contribution in [0.25, 0.3) is 0 Å². The van der Waals surface area contributed by atoms with Crippen molar-refractivity contribution in [3.63, 3.8) is 0 Å². The summed E-state index contributed by atoms with van der Waals surface area (Å²) in [5, 5.41) is 0. The molecule has 2 saturated carbocycles. The number of carbonyl (C=O) groups is 1. The second kappa shape index (κ2) is 10.4. The van der Waals surface area contributed by atoms with Gasteiger partial charge in [0.2, 0.25) is 0 Å². The third-order valence-corrected chi connectivity index (χ3v) is 6.12. The summed E-state index contributed by atoms with van der Waals surface area (Å²) in [4.78, 5) is 11.0. The Bertz CT molecular complexity index is 339. The summed E-state index contributed by atoms with van der Waals surface area (Å²) in [6, 6.07) is 0. The maximum Gasteiger partial charge on any atom is 0.305 e. The number of esters is 1. The van der Waals surface area contributed by atoms with Gasteiger partial charge in [-0.15, -0.1) is 0 Å². The molecule has 0 aromatic carbocycles. The van der Waals surface area contributed by atoms with E-state index in [1.807, 2.05) is 0 Å². The summed E-state index contributed by atoms with van der Waals surface area (Å²) in [6.45, 7) is 2.30. The van der Waals surface area contributed by atoms with Crippen molar-refractivity contribution in [3.8, 4) is 0 Å². The zero-order valence-electron chi connectivity index (χ0n) is 15.5. The Morgan fingerprint density at radius 2 is 1.35 bits per heavy atom. The first-order chi connectivity index (χ1) is 11.3. The Morgan fingerprint density at radius 3 is 1.91 bits per heavy atom. The van der Waals surface area contributed by atoms with E-state index in [0.29, 0.717) is 6.42 Å². The molecule has 2 heteroatoms. The van der Waals surface area contributed by atoms with Gasteiger partial charge in [-0.2, -0.15) is 0 Å². The molecular weight excluding hydrogens is 284 g/mol. The molecule has 2 nitrogen and oxygen atoms in total. The first-order valence-corrected chi connectivity index (χ1v) is 10.3. The van der Waals surface area contributed by atoms with E-state index in [1.54, 1.807) is 12.8 Å². The Morgan fingerprint density at radius 1 is 0.826 bits per heavy atom. The minimum absolute atomic E-state index is 0.0560. The molecule has 0 bridgehead atoms. The Labute approximate surface area is 143 Å². The third kappa shape index (κ3) is 7.27. The lowest BCUT2D eigenvalue weighted by Gasteiger charge is -2.02. The highest BCUT2D eigenvalue weighted by atomic mass is 16.5. The lowest BCUT2D eigenvalue weighted by molar-refractivity contribution is -0.140. The summed E-state index contributed by atoms with van der Waals surface area (Å²) in [6.07, 6.45) is 18.7. The van der Waals surface area contributed by atoms with Crippen molar-refractivity contribution in [2.24, 2.45) is 23.7 Å². The summed E-state index contributed by atoms with van der Waals surface area (Å²) in [7, 11) is 1.48. The van der Waals surface area contributed by atoms with Crippen molar-refractivity contribution in [3.05, 3.63) is 0 Å². The predicted octanol–water partition coefficient (Wildman–Crippen LogP) is 6.13. The first kappa shape index (κ1) is 18.8. The molecule has 2 aliphatic carbocycles. The minimum Gasteiger partial charge on any atom is -0.469 e. The molecule has 0 saturated heterocycles. The SMILES string of the molecule is CCCCCC[C@@H]1C[C@@H]1[C@@H]1C[C@H]1CCCCCCCC(=O)OC. The van der Waals surface area contributed by atoms with E-state index in [1.165, 1.54) is 71.3 Å². The highest BCUT2D eigenvalue weighted by Crippen LogP contribution is 2.60. The molecule has 0 aromatic heterocycles. The van der Waals surface area contributed by atoms with E-state index < -0.39 is 0 Å². The van der Waals surface area contributed by atoms with Gasteiger partial charge in [-0.25, -0.2) is 0 Å². The molecule has 0 spiro atoms. The van der Waals surface area contributed by atoms with Crippen molar-refractivity contribution in [2.45, 2.75) is 96.8 Å². The number of hydrogen-bond acceptors (Lipinski definition) is 2. The van der Waals surface area contributed by atoms with Crippen LogP contribution in [0.5, 0.6) is 0 Å². The van der Waals surface area contributed by atoms with E-state index >= 15 is 0 Å². The normalized spacial score (nSPS) is 28.6. The van der Waals surface area contributed by atoms with Crippen molar-refractivity contribution < 1.29 is 9.53 Å². The quantitative estimate of drug-likeness (QED) is 0.284. The monoisotopic (exact) mass is 322 g/mol. The van der Waals surface area contributed by atoms with Crippen LogP contribution in [0.2, 0.25) is 0 Å². The Kier molecular flexibility index (Phi) is 8.47. The second-order valence-corrected chi connectivity index (χ2v) is 8.05. The van der Waals surface area contributed by atoms with E-state index in [2.05, 4.69) is 11.7 Å². The molecule has 2 aliphatic rings. The van der Waals surface area contributed by atoms with Crippen LogP contribution >= 0.6 is 0 Å². The van der Waals surface area contributed by atoms with Gasteiger partial charge in [-0.05, 0) is 42.9 Å². The average molecular weight is 323 g/mol. The van der Waals surface area contributed by atoms with Crippen LogP contribution in [-0.2, 0) is 9.53 Å². The van der Waals surface area contributed by atoms with Crippen molar-refractivity contribution in [2.75, 3.05) is 7.11 Å². The van der Waals surface area contributed by atoms with Gasteiger partial charge < -0.3 is 4.74 Å². The Hall–Kier alpha value is -0.530. The number of unbranched alkanes of at least 4 members (excludes halogenated alkanes) is 7. The second-order valence-electron chi connectivity index (χ2n) is 8.05. The van der Waals surface area contributed by atoms with Crippen LogP contribution < -0.4 is 0 Å². The van der Waals surface area contributed by atoms with Crippen LogP contribution in [0.3, 0.4) is 0 Å². The van der Waals surface area contributed by atoms with Gasteiger partial charge in [0.1, 0.15) is 0 Å². The van der Waals surface area contributed by atoms with Crippen LogP contribution in [-0.4, -0.2) is 13.1 Å². The number of hydrogen-bond donors (Lipinski definition) is 0. The summed E-state index contributed by atoms with van der Waals surface area (Å²) in [5.41, 5.74) is 0. The number of rotatable bonds is 14. The molecule has 134 valence electrons. The van der Waals surface area contributed by atoms with Crippen LogP contribution in [0.4, 0.5) is 0 Å². The highest BCUT2D eigenvalue weighted by Gasteiger charge is 2.52. The van der Waals surface area contributed by atoms with E-state index in [4.69, 9.17) is 0 Å². The molecule has 0 amide bonds. The van der Waals surface area contributed by atoms with Crippen LogP contribution in [0.15, 0.2) is 0 Å². The molecule has 0 radical (unpaired) electrons. The molecule has 2 rings (SSSR count). The predicted molar refractivity (Wildman–Crippen MR) is 96.3 cm³/mol. The van der Waals surface area contributed by atoms with E-state index in [0.717, 1.165) is 30.1 Å². The molecule has 0 N–H and O–H groups in total. The fraction of sp³-hybridized carbons (Fsp3) is 0.952. The van der Waals surface area contributed by atoms with Crippen molar-refractivity contribution in [1.29, 1.82) is 0 Å². The summed E-state index contributed by atoms with van der Waals surface area (Å²) in [5.74, 6) is 4.38. The van der Waals surface area contributed by atoms with Gasteiger partial charge in [0.05, 0.1) is 7.11 Å². The summed E-state index contributed by atoms with van der Waals surface area (Å²) >= 11 is 0. The van der Waals surface area contributed by atoms with Crippen molar-refractivity contribution in [1.82, 2.24) is 0 Å². The molecule has 2 fully saturated rings. The molecule has 0 aromatic rings. The van der Waals surface area contributed by atoms with Gasteiger partial charge in [0.15, 0.2) is 0 Å². The molecule has 0 heterocycles.